The van der Waals surface area contributed by atoms with Gasteiger partial charge in [-0.05, 0) is 25.6 Å². The number of nitrogens with zero attached hydrogens (tertiary/aromatic N) is 1. The van der Waals surface area contributed by atoms with Gasteiger partial charge in [0.05, 0.1) is 5.02 Å². The lowest BCUT2D eigenvalue weighted by Crippen LogP contribution is -2.05. The van der Waals surface area contributed by atoms with Crippen LogP contribution in [0.3, 0.4) is 0 Å². The topological polar surface area (TPSA) is 24.9 Å². The molecule has 0 aromatic carbocycles. The zero-order chi connectivity index (χ0) is 10.4. The highest BCUT2D eigenvalue weighted by Gasteiger charge is 1.98. The van der Waals surface area contributed by atoms with Crippen LogP contribution in [-0.2, 0) is 0 Å². The summed E-state index contributed by atoms with van der Waals surface area (Å²) in [5.74, 6) is -0.511. The van der Waals surface area contributed by atoms with Crippen LogP contribution in [0.5, 0.6) is 0 Å². The molecule has 0 saturated heterocycles. The molecule has 1 aromatic heterocycles. The fourth-order valence-electron chi connectivity index (χ4n) is 0.993. The fourth-order valence-corrected chi connectivity index (χ4v) is 1.16. The summed E-state index contributed by atoms with van der Waals surface area (Å²) in [6, 6.07) is 1.32. The summed E-state index contributed by atoms with van der Waals surface area (Å²) in [6.45, 7) is 0.891. The van der Waals surface area contributed by atoms with Gasteiger partial charge in [-0.25, -0.2) is 4.98 Å². The Bertz CT molecular complexity index is 326. The molecule has 0 aliphatic heterocycles. The molecule has 1 aromatic rings. The van der Waals surface area contributed by atoms with Gasteiger partial charge in [0.1, 0.15) is 0 Å². The average Bonchev–Trinajstić information content (AvgIpc) is 2.18. The zero-order valence-electron chi connectivity index (χ0n) is 7.93. The second kappa shape index (κ2) is 5.73. The first-order chi connectivity index (χ1) is 6.74. The lowest BCUT2D eigenvalue weighted by molar-refractivity contribution is 0.583. The summed E-state index contributed by atoms with van der Waals surface area (Å²) in [5, 5.41) is 3.47. The van der Waals surface area contributed by atoms with Gasteiger partial charge >= 0.3 is 0 Å². The Hall–Kier alpha value is -0.930. The summed E-state index contributed by atoms with van der Waals surface area (Å²) in [6.07, 6.45) is 5.94. The number of nitrogens with one attached hydrogen (secondary N) is 1. The third-order valence-electron chi connectivity index (χ3n) is 1.71. The first-order valence-electron chi connectivity index (χ1n) is 4.36. The lowest BCUT2D eigenvalue weighted by Gasteiger charge is -1.97. The van der Waals surface area contributed by atoms with Gasteiger partial charge in [0.2, 0.25) is 5.95 Å². The molecule has 1 N–H and O–H groups in total. The molecule has 0 saturated carbocycles. The van der Waals surface area contributed by atoms with E-state index in [-0.39, 0.29) is 0 Å². The third kappa shape index (κ3) is 3.44. The molecular formula is C10H12ClFN2. The van der Waals surface area contributed by atoms with Crippen molar-refractivity contribution in [2.24, 2.45) is 0 Å². The number of aromatic nitrogens is 1. The zero-order valence-corrected chi connectivity index (χ0v) is 8.68. The van der Waals surface area contributed by atoms with Gasteiger partial charge < -0.3 is 5.32 Å². The summed E-state index contributed by atoms with van der Waals surface area (Å²) >= 11 is 5.81. The van der Waals surface area contributed by atoms with Crippen LogP contribution in [0.15, 0.2) is 18.3 Å². The predicted molar refractivity (Wildman–Crippen MR) is 56.8 cm³/mol. The minimum absolute atomic E-state index is 0.465. The number of halogens is 2. The normalized spacial score (nSPS) is 11.1. The first kappa shape index (κ1) is 11.1. The second-order valence-corrected chi connectivity index (χ2v) is 3.23. The molecule has 0 spiro atoms. The molecule has 0 aliphatic rings. The molecule has 0 amide bonds. The molecule has 0 radical (unpaired) electrons. The molecule has 0 fully saturated rings. The van der Waals surface area contributed by atoms with E-state index in [1.54, 1.807) is 6.08 Å². The minimum atomic E-state index is -0.511. The van der Waals surface area contributed by atoms with Crippen LogP contribution >= 0.6 is 11.6 Å². The molecule has 0 unspecified atom stereocenters. The molecule has 1 rings (SSSR count). The number of pyridine rings is 1. The highest BCUT2D eigenvalue weighted by molar-refractivity contribution is 6.31. The van der Waals surface area contributed by atoms with E-state index in [9.17, 15) is 4.39 Å². The van der Waals surface area contributed by atoms with Crippen molar-refractivity contribution in [3.63, 3.8) is 0 Å². The van der Waals surface area contributed by atoms with Crippen molar-refractivity contribution in [2.75, 3.05) is 13.6 Å². The second-order valence-electron chi connectivity index (χ2n) is 2.82. The van der Waals surface area contributed by atoms with Crippen LogP contribution in [0.4, 0.5) is 4.39 Å². The van der Waals surface area contributed by atoms with Gasteiger partial charge in [0.15, 0.2) is 0 Å². The van der Waals surface area contributed by atoms with Crippen molar-refractivity contribution in [2.45, 2.75) is 6.42 Å². The van der Waals surface area contributed by atoms with Crippen LogP contribution in [0.25, 0.3) is 6.08 Å². The van der Waals surface area contributed by atoms with E-state index in [2.05, 4.69) is 10.3 Å². The molecule has 0 atom stereocenters. The average molecular weight is 215 g/mol. The van der Waals surface area contributed by atoms with E-state index >= 15 is 0 Å². The standard InChI is InChI=1S/C10H12ClFN2/c1-13-5-3-2-4-8-6-10(12)14-7-9(8)11/h2,4,6-7,13H,3,5H2,1H3. The van der Waals surface area contributed by atoms with Crippen LogP contribution in [0.1, 0.15) is 12.0 Å². The molecule has 2 nitrogen and oxygen atoms in total. The van der Waals surface area contributed by atoms with Crippen molar-refractivity contribution in [1.29, 1.82) is 0 Å². The number of hydrogen-bond donors (Lipinski definition) is 1. The summed E-state index contributed by atoms with van der Waals surface area (Å²) in [4.78, 5) is 3.44. The highest BCUT2D eigenvalue weighted by atomic mass is 35.5. The highest BCUT2D eigenvalue weighted by Crippen LogP contribution is 2.16. The van der Waals surface area contributed by atoms with Crippen molar-refractivity contribution >= 4 is 17.7 Å². The monoisotopic (exact) mass is 214 g/mol. The lowest BCUT2D eigenvalue weighted by atomic mass is 10.2. The number of hydrogen-bond acceptors (Lipinski definition) is 2. The summed E-state index contributed by atoms with van der Waals surface area (Å²) in [7, 11) is 1.88. The van der Waals surface area contributed by atoms with Crippen molar-refractivity contribution in [3.8, 4) is 0 Å². The van der Waals surface area contributed by atoms with Crippen LogP contribution in [0.2, 0.25) is 5.02 Å². The van der Waals surface area contributed by atoms with Gasteiger partial charge in [-0.15, -0.1) is 0 Å². The Morgan fingerprint density at radius 1 is 1.64 bits per heavy atom. The van der Waals surface area contributed by atoms with E-state index in [1.165, 1.54) is 12.3 Å². The Labute approximate surface area is 87.8 Å². The SMILES string of the molecule is CNCCC=Cc1cc(F)ncc1Cl. The Kier molecular flexibility index (Phi) is 4.56. The van der Waals surface area contributed by atoms with Crippen molar-refractivity contribution in [1.82, 2.24) is 10.3 Å². The van der Waals surface area contributed by atoms with Gasteiger partial charge in [-0.1, -0.05) is 23.8 Å². The van der Waals surface area contributed by atoms with Gasteiger partial charge in [-0.3, -0.25) is 0 Å². The molecule has 0 aliphatic carbocycles. The van der Waals surface area contributed by atoms with E-state index in [0.29, 0.717) is 10.6 Å². The Balaban J connectivity index is 2.65. The van der Waals surface area contributed by atoms with Crippen molar-refractivity contribution < 1.29 is 4.39 Å². The Morgan fingerprint density at radius 3 is 3.14 bits per heavy atom. The van der Waals surface area contributed by atoms with Crippen LogP contribution in [0, 0.1) is 5.95 Å². The van der Waals surface area contributed by atoms with Gasteiger partial charge in [-0.2, -0.15) is 4.39 Å². The fraction of sp³-hybridized carbons (Fsp3) is 0.300. The van der Waals surface area contributed by atoms with Gasteiger partial charge in [0.25, 0.3) is 0 Å². The van der Waals surface area contributed by atoms with E-state index in [1.807, 2.05) is 13.1 Å². The smallest absolute Gasteiger partial charge is 0.213 e. The quantitative estimate of drug-likeness (QED) is 0.616. The minimum Gasteiger partial charge on any atom is -0.319 e. The molecule has 0 bridgehead atoms. The van der Waals surface area contributed by atoms with Crippen molar-refractivity contribution in [3.05, 3.63) is 34.9 Å². The molecule has 4 heteroatoms. The Morgan fingerprint density at radius 2 is 2.43 bits per heavy atom. The number of rotatable bonds is 4. The maximum Gasteiger partial charge on any atom is 0.213 e. The first-order valence-corrected chi connectivity index (χ1v) is 4.74. The maximum atomic E-state index is 12.7. The molecule has 1 heterocycles. The summed E-state index contributed by atoms with van der Waals surface area (Å²) in [5.41, 5.74) is 0.662. The van der Waals surface area contributed by atoms with E-state index in [0.717, 1.165) is 13.0 Å². The van der Waals surface area contributed by atoms with E-state index in [4.69, 9.17) is 11.6 Å². The predicted octanol–water partition coefficient (Wildman–Crippen LogP) is 2.50. The largest absolute Gasteiger partial charge is 0.319 e. The maximum absolute atomic E-state index is 12.7. The summed E-state index contributed by atoms with van der Waals surface area (Å²) < 4.78 is 12.7. The van der Waals surface area contributed by atoms with Gasteiger partial charge in [0, 0.05) is 12.3 Å². The van der Waals surface area contributed by atoms with Crippen LogP contribution < -0.4 is 5.32 Å². The van der Waals surface area contributed by atoms with E-state index < -0.39 is 5.95 Å². The third-order valence-corrected chi connectivity index (χ3v) is 2.03. The molecular weight excluding hydrogens is 203 g/mol. The molecule has 76 valence electrons. The van der Waals surface area contributed by atoms with Crippen LogP contribution in [-0.4, -0.2) is 18.6 Å². The molecule has 14 heavy (non-hydrogen) atoms.